The summed E-state index contributed by atoms with van der Waals surface area (Å²) >= 11 is 0. The van der Waals surface area contributed by atoms with Crippen molar-refractivity contribution >= 4 is 41.1 Å². The highest BCUT2D eigenvalue weighted by Gasteiger charge is 2.12. The third kappa shape index (κ3) is 10.9. The van der Waals surface area contributed by atoms with E-state index in [0.717, 1.165) is 12.8 Å². The standard InChI is InChI=1S/C27H32N2O8/c1-3-16-35-26(33)19-8-12-21(13-9-19)28-23(30)6-5-7-25(32)37-18-24(31)29-22-14-10-20(11-15-22)27(34)36-17-4-2/h8-15H,3-7,16-18H2,1-2H3,(H,28,30)(H,29,31). The molecule has 0 spiro atoms. The van der Waals surface area contributed by atoms with Crippen LogP contribution in [0.15, 0.2) is 48.5 Å². The normalized spacial score (nSPS) is 10.2. The molecule has 0 heterocycles. The van der Waals surface area contributed by atoms with Crippen molar-refractivity contribution in [2.45, 2.75) is 46.0 Å². The Morgan fingerprint density at radius 2 is 1.08 bits per heavy atom. The molecule has 0 saturated heterocycles. The van der Waals surface area contributed by atoms with Crippen molar-refractivity contribution in [2.24, 2.45) is 0 Å². The molecule has 0 aliphatic heterocycles. The summed E-state index contributed by atoms with van der Waals surface area (Å²) in [5.74, 6) is -2.30. The van der Waals surface area contributed by atoms with Gasteiger partial charge in [-0.3, -0.25) is 14.4 Å². The molecule has 2 rings (SSSR count). The van der Waals surface area contributed by atoms with Crippen molar-refractivity contribution < 1.29 is 38.2 Å². The number of amides is 2. The lowest BCUT2D eigenvalue weighted by Crippen LogP contribution is -2.21. The fraction of sp³-hybridized carbons (Fsp3) is 0.370. The molecule has 0 radical (unpaired) electrons. The fourth-order valence-electron chi connectivity index (χ4n) is 2.97. The lowest BCUT2D eigenvalue weighted by Gasteiger charge is -2.08. The molecule has 10 heteroatoms. The zero-order valence-corrected chi connectivity index (χ0v) is 21.0. The van der Waals surface area contributed by atoms with Gasteiger partial charge in [-0.25, -0.2) is 9.59 Å². The molecule has 37 heavy (non-hydrogen) atoms. The van der Waals surface area contributed by atoms with Gasteiger partial charge in [0.2, 0.25) is 5.91 Å². The van der Waals surface area contributed by atoms with Crippen LogP contribution in [0.3, 0.4) is 0 Å². The zero-order chi connectivity index (χ0) is 27.0. The maximum Gasteiger partial charge on any atom is 0.338 e. The van der Waals surface area contributed by atoms with Crippen LogP contribution in [0.1, 0.15) is 66.7 Å². The Labute approximate surface area is 215 Å². The van der Waals surface area contributed by atoms with Crippen molar-refractivity contribution in [3.63, 3.8) is 0 Å². The van der Waals surface area contributed by atoms with Gasteiger partial charge in [-0.05, 0) is 67.8 Å². The fourth-order valence-corrected chi connectivity index (χ4v) is 2.97. The number of hydrogen-bond donors (Lipinski definition) is 2. The highest BCUT2D eigenvalue weighted by Crippen LogP contribution is 2.13. The quantitative estimate of drug-likeness (QED) is 0.285. The van der Waals surface area contributed by atoms with Crippen LogP contribution in [0.5, 0.6) is 0 Å². The first-order valence-corrected chi connectivity index (χ1v) is 12.1. The summed E-state index contributed by atoms with van der Waals surface area (Å²) in [5.41, 5.74) is 1.71. The summed E-state index contributed by atoms with van der Waals surface area (Å²) in [5, 5.41) is 5.25. The molecular weight excluding hydrogens is 480 g/mol. The summed E-state index contributed by atoms with van der Waals surface area (Å²) in [4.78, 5) is 59.6. The van der Waals surface area contributed by atoms with E-state index in [-0.39, 0.29) is 25.2 Å². The SMILES string of the molecule is CCCOC(=O)c1ccc(NC(=O)CCCC(=O)OCC(=O)Nc2ccc(C(=O)OCCC)cc2)cc1. The van der Waals surface area contributed by atoms with Crippen LogP contribution in [-0.4, -0.2) is 49.5 Å². The topological polar surface area (TPSA) is 137 Å². The van der Waals surface area contributed by atoms with E-state index in [2.05, 4.69) is 10.6 Å². The monoisotopic (exact) mass is 512 g/mol. The van der Waals surface area contributed by atoms with Gasteiger partial charge in [-0.1, -0.05) is 13.8 Å². The number of benzene rings is 2. The molecule has 2 N–H and O–H groups in total. The Kier molecular flexibility index (Phi) is 12.3. The molecule has 2 aromatic carbocycles. The lowest BCUT2D eigenvalue weighted by molar-refractivity contribution is -0.147. The minimum atomic E-state index is -0.605. The van der Waals surface area contributed by atoms with Crippen LogP contribution >= 0.6 is 0 Å². The van der Waals surface area contributed by atoms with Crippen molar-refractivity contribution in [1.82, 2.24) is 0 Å². The van der Waals surface area contributed by atoms with Gasteiger partial charge in [0, 0.05) is 24.2 Å². The number of carbonyl (C=O) groups is 5. The summed E-state index contributed by atoms with van der Waals surface area (Å²) in [6, 6.07) is 12.5. The molecule has 0 aliphatic carbocycles. The molecular formula is C27H32N2O8. The van der Waals surface area contributed by atoms with Crippen molar-refractivity contribution in [3.05, 3.63) is 59.7 Å². The van der Waals surface area contributed by atoms with Crippen molar-refractivity contribution in [2.75, 3.05) is 30.5 Å². The van der Waals surface area contributed by atoms with Gasteiger partial charge in [0.05, 0.1) is 24.3 Å². The predicted octanol–water partition coefficient (Wildman–Crippen LogP) is 4.11. The van der Waals surface area contributed by atoms with Crippen LogP contribution < -0.4 is 10.6 Å². The molecule has 0 aromatic heterocycles. The molecule has 0 bridgehead atoms. The number of carbonyl (C=O) groups excluding carboxylic acids is 5. The number of ether oxygens (including phenoxy) is 3. The highest BCUT2D eigenvalue weighted by molar-refractivity contribution is 5.95. The summed E-state index contributed by atoms with van der Waals surface area (Å²) in [6.45, 7) is 4.00. The number of esters is 3. The van der Waals surface area contributed by atoms with E-state index in [0.29, 0.717) is 35.7 Å². The first-order chi connectivity index (χ1) is 17.8. The Morgan fingerprint density at radius 1 is 0.622 bits per heavy atom. The van der Waals surface area contributed by atoms with E-state index in [1.807, 2.05) is 13.8 Å². The second kappa shape index (κ2) is 15.7. The zero-order valence-electron chi connectivity index (χ0n) is 21.0. The van der Waals surface area contributed by atoms with Crippen LogP contribution in [-0.2, 0) is 28.6 Å². The van der Waals surface area contributed by atoms with Gasteiger partial charge in [0.25, 0.3) is 5.91 Å². The number of rotatable bonds is 14. The molecule has 10 nitrogen and oxygen atoms in total. The van der Waals surface area contributed by atoms with Crippen LogP contribution in [0, 0.1) is 0 Å². The predicted molar refractivity (Wildman–Crippen MR) is 136 cm³/mol. The van der Waals surface area contributed by atoms with E-state index in [1.54, 1.807) is 36.4 Å². The molecule has 0 fully saturated rings. The summed E-state index contributed by atoms with van der Waals surface area (Å²) in [6.07, 6.45) is 1.74. The van der Waals surface area contributed by atoms with Gasteiger partial charge in [-0.2, -0.15) is 0 Å². The van der Waals surface area contributed by atoms with E-state index in [9.17, 15) is 24.0 Å². The maximum atomic E-state index is 12.1. The Balaban J connectivity index is 1.64. The van der Waals surface area contributed by atoms with Gasteiger partial charge < -0.3 is 24.8 Å². The second-order valence-corrected chi connectivity index (χ2v) is 8.04. The van der Waals surface area contributed by atoms with Crippen LogP contribution in [0.25, 0.3) is 0 Å². The van der Waals surface area contributed by atoms with Gasteiger partial charge in [0.1, 0.15) is 0 Å². The molecule has 198 valence electrons. The average Bonchev–Trinajstić information content (AvgIpc) is 2.90. The van der Waals surface area contributed by atoms with Gasteiger partial charge in [-0.15, -0.1) is 0 Å². The van der Waals surface area contributed by atoms with E-state index < -0.39 is 30.4 Å². The molecule has 2 aromatic rings. The smallest absolute Gasteiger partial charge is 0.338 e. The number of nitrogens with one attached hydrogen (secondary N) is 2. The maximum absolute atomic E-state index is 12.1. The van der Waals surface area contributed by atoms with Crippen molar-refractivity contribution in [3.8, 4) is 0 Å². The van der Waals surface area contributed by atoms with Crippen molar-refractivity contribution in [1.29, 1.82) is 0 Å². The minimum Gasteiger partial charge on any atom is -0.462 e. The molecule has 2 amide bonds. The van der Waals surface area contributed by atoms with Crippen LogP contribution in [0.4, 0.5) is 11.4 Å². The first kappa shape index (κ1) is 29.0. The molecule has 0 aliphatic rings. The third-order valence-electron chi connectivity index (χ3n) is 4.83. The number of hydrogen-bond acceptors (Lipinski definition) is 8. The van der Waals surface area contributed by atoms with E-state index in [4.69, 9.17) is 14.2 Å². The lowest BCUT2D eigenvalue weighted by atomic mass is 10.2. The summed E-state index contributed by atoms with van der Waals surface area (Å²) < 4.78 is 15.0. The Bertz CT molecular complexity index is 1060. The van der Waals surface area contributed by atoms with Gasteiger partial charge >= 0.3 is 17.9 Å². The third-order valence-corrected chi connectivity index (χ3v) is 4.83. The Morgan fingerprint density at radius 3 is 1.54 bits per heavy atom. The number of anilines is 2. The van der Waals surface area contributed by atoms with E-state index in [1.165, 1.54) is 12.1 Å². The Hall–Kier alpha value is -4.21. The van der Waals surface area contributed by atoms with Gasteiger partial charge in [0.15, 0.2) is 6.61 Å². The van der Waals surface area contributed by atoms with E-state index >= 15 is 0 Å². The summed E-state index contributed by atoms with van der Waals surface area (Å²) in [7, 11) is 0. The largest absolute Gasteiger partial charge is 0.462 e. The highest BCUT2D eigenvalue weighted by atomic mass is 16.5. The minimum absolute atomic E-state index is 0.0303. The van der Waals surface area contributed by atoms with Crippen LogP contribution in [0.2, 0.25) is 0 Å². The average molecular weight is 513 g/mol. The molecule has 0 unspecified atom stereocenters. The first-order valence-electron chi connectivity index (χ1n) is 12.1. The molecule has 0 saturated carbocycles. The molecule has 0 atom stereocenters. The second-order valence-electron chi connectivity index (χ2n) is 8.04.